The van der Waals surface area contributed by atoms with Crippen LogP contribution in [0.2, 0.25) is 5.02 Å². The average Bonchev–Trinajstić information content (AvgIpc) is 2.98. The molecule has 2 aromatic carbocycles. The molecule has 1 amide bonds. The van der Waals surface area contributed by atoms with Gasteiger partial charge in [-0.2, -0.15) is 0 Å². The summed E-state index contributed by atoms with van der Waals surface area (Å²) in [6, 6.07) is 17.1. The number of aromatic hydroxyl groups is 1. The number of rotatable bonds is 14. The molecule has 0 saturated heterocycles. The van der Waals surface area contributed by atoms with Gasteiger partial charge < -0.3 is 25.2 Å². The molecule has 0 saturated carbocycles. The van der Waals surface area contributed by atoms with Crippen LogP contribution in [0.25, 0.3) is 0 Å². The van der Waals surface area contributed by atoms with Gasteiger partial charge in [-0.1, -0.05) is 70.0 Å². The van der Waals surface area contributed by atoms with Crippen LogP contribution in [0.15, 0.2) is 60.7 Å². The molecule has 9 heteroatoms. The average molecular weight is 584 g/mol. The van der Waals surface area contributed by atoms with Crippen LogP contribution in [0.3, 0.4) is 0 Å². The number of hydrogen-bond acceptors (Lipinski definition) is 7. The summed E-state index contributed by atoms with van der Waals surface area (Å²) in [6.45, 7) is 8.82. The quantitative estimate of drug-likeness (QED) is 0.184. The summed E-state index contributed by atoms with van der Waals surface area (Å²) in [6.07, 6.45) is 4.14. The first kappa shape index (κ1) is 33.4. The van der Waals surface area contributed by atoms with E-state index < -0.39 is 17.9 Å². The number of nitrogens with zero attached hydrogens (tertiary/aromatic N) is 1. The molecule has 222 valence electrons. The first-order valence-corrected chi connectivity index (χ1v) is 14.5. The number of ether oxygens (including phenoxy) is 2. The van der Waals surface area contributed by atoms with Crippen molar-refractivity contribution in [2.45, 2.75) is 71.9 Å². The molecular weight excluding hydrogens is 542 g/mol. The zero-order chi connectivity index (χ0) is 30.2. The lowest BCUT2D eigenvalue weighted by atomic mass is 10.0. The highest BCUT2D eigenvalue weighted by Gasteiger charge is 2.25. The molecule has 1 aromatic heterocycles. The Morgan fingerprint density at radius 2 is 1.73 bits per heavy atom. The summed E-state index contributed by atoms with van der Waals surface area (Å²) in [5, 5.41) is 16.2. The van der Waals surface area contributed by atoms with Crippen molar-refractivity contribution in [1.29, 1.82) is 0 Å². The SMILES string of the molecule is CC.CCCC(CC)Nc1cccc(CCOc2ccc(CC(NC(=O)c3c(O)cccc3Cl)C(=O)OC)cc2)n1. The number of aromatic nitrogens is 1. The Kier molecular flexibility index (Phi) is 14.5. The molecule has 3 aromatic rings. The fourth-order valence-corrected chi connectivity index (χ4v) is 4.42. The molecule has 0 aliphatic rings. The molecule has 3 N–H and O–H groups in total. The molecule has 2 unspecified atom stereocenters. The molecule has 8 nitrogen and oxygen atoms in total. The summed E-state index contributed by atoms with van der Waals surface area (Å²) in [5.41, 5.74) is 1.64. The minimum atomic E-state index is -0.971. The van der Waals surface area contributed by atoms with Crippen LogP contribution in [0, 0.1) is 0 Å². The lowest BCUT2D eigenvalue weighted by molar-refractivity contribution is -0.142. The van der Waals surface area contributed by atoms with Gasteiger partial charge >= 0.3 is 5.97 Å². The largest absolute Gasteiger partial charge is 0.507 e. The summed E-state index contributed by atoms with van der Waals surface area (Å²) in [5.74, 6) is 0.0112. The number of carbonyl (C=O) groups is 2. The number of halogens is 1. The molecular formula is C32H42ClN3O5. The number of esters is 1. The molecule has 0 aliphatic heterocycles. The standard InChI is InChI=1S/C30H36ClN3O5.C2H6/c1-4-8-21(5-2)32-27-12-6-9-22(33-27)17-18-39-23-15-13-20(14-16-23)19-25(30(37)38-3)34-29(36)28-24(31)10-7-11-26(28)35;1-2/h6-7,9-16,21,25,35H,4-5,8,17-19H2,1-3H3,(H,32,33)(H,34,36);1-2H3. The number of amides is 1. The minimum Gasteiger partial charge on any atom is -0.507 e. The maximum atomic E-state index is 12.7. The van der Waals surface area contributed by atoms with Crippen LogP contribution in [-0.2, 0) is 22.4 Å². The molecule has 41 heavy (non-hydrogen) atoms. The van der Waals surface area contributed by atoms with Crippen molar-refractivity contribution < 1.29 is 24.2 Å². The summed E-state index contributed by atoms with van der Waals surface area (Å²) >= 11 is 6.07. The number of benzene rings is 2. The van der Waals surface area contributed by atoms with E-state index in [9.17, 15) is 14.7 Å². The van der Waals surface area contributed by atoms with Crippen LogP contribution in [0.1, 0.15) is 68.6 Å². The van der Waals surface area contributed by atoms with Crippen LogP contribution >= 0.6 is 11.6 Å². The van der Waals surface area contributed by atoms with Gasteiger partial charge in [0, 0.05) is 24.6 Å². The number of hydrogen-bond donors (Lipinski definition) is 3. The third-order valence-electron chi connectivity index (χ3n) is 6.29. The summed E-state index contributed by atoms with van der Waals surface area (Å²) in [7, 11) is 1.25. The number of methoxy groups -OCH3 is 1. The van der Waals surface area contributed by atoms with Gasteiger partial charge in [-0.05, 0) is 54.8 Å². The summed E-state index contributed by atoms with van der Waals surface area (Å²) in [4.78, 5) is 29.8. The predicted octanol–water partition coefficient (Wildman–Crippen LogP) is 6.59. The van der Waals surface area contributed by atoms with Gasteiger partial charge in [-0.3, -0.25) is 4.79 Å². The molecule has 0 fully saturated rings. The Hall–Kier alpha value is -3.78. The lowest BCUT2D eigenvalue weighted by Crippen LogP contribution is -2.43. The van der Waals surface area contributed by atoms with E-state index in [0.29, 0.717) is 24.8 Å². The summed E-state index contributed by atoms with van der Waals surface area (Å²) < 4.78 is 10.8. The smallest absolute Gasteiger partial charge is 0.328 e. The predicted molar refractivity (Wildman–Crippen MR) is 164 cm³/mol. The van der Waals surface area contributed by atoms with Gasteiger partial charge in [0.2, 0.25) is 0 Å². The van der Waals surface area contributed by atoms with E-state index in [1.807, 2.05) is 56.3 Å². The van der Waals surface area contributed by atoms with Crippen molar-refractivity contribution in [3.05, 3.63) is 82.5 Å². The molecule has 1 heterocycles. The Morgan fingerprint density at radius 1 is 1.02 bits per heavy atom. The molecule has 3 rings (SSSR count). The number of carbonyl (C=O) groups excluding carboxylic acids is 2. The number of nitrogens with one attached hydrogen (secondary N) is 2. The lowest BCUT2D eigenvalue weighted by Gasteiger charge is -2.18. The normalized spacial score (nSPS) is 11.9. The number of phenolic OH excluding ortho intramolecular Hbond substituents is 1. The van der Waals surface area contributed by atoms with Gasteiger partial charge in [-0.25, -0.2) is 9.78 Å². The Morgan fingerprint density at radius 3 is 2.37 bits per heavy atom. The van der Waals surface area contributed by atoms with Gasteiger partial charge in [0.05, 0.1) is 24.3 Å². The van der Waals surface area contributed by atoms with Gasteiger partial charge in [0.1, 0.15) is 23.4 Å². The second kappa shape index (κ2) is 17.8. The van der Waals surface area contributed by atoms with Crippen LogP contribution in [-0.4, -0.2) is 47.8 Å². The van der Waals surface area contributed by atoms with Crippen molar-refractivity contribution >= 4 is 29.3 Å². The molecule has 0 bridgehead atoms. The number of anilines is 1. The van der Waals surface area contributed by atoms with Gasteiger partial charge in [-0.15, -0.1) is 0 Å². The van der Waals surface area contributed by atoms with Crippen LogP contribution in [0.5, 0.6) is 11.5 Å². The third kappa shape index (κ3) is 10.6. The van der Waals surface area contributed by atoms with E-state index in [1.165, 1.54) is 25.3 Å². The topological polar surface area (TPSA) is 110 Å². The van der Waals surface area contributed by atoms with Crippen molar-refractivity contribution in [2.75, 3.05) is 19.0 Å². The van der Waals surface area contributed by atoms with E-state index in [1.54, 1.807) is 0 Å². The van der Waals surface area contributed by atoms with Crippen molar-refractivity contribution in [3.8, 4) is 11.5 Å². The van der Waals surface area contributed by atoms with E-state index in [-0.39, 0.29) is 22.8 Å². The van der Waals surface area contributed by atoms with Gasteiger partial charge in [0.15, 0.2) is 0 Å². The van der Waals surface area contributed by atoms with Crippen molar-refractivity contribution in [3.63, 3.8) is 0 Å². The van der Waals surface area contributed by atoms with E-state index in [2.05, 4.69) is 24.5 Å². The molecule has 2 atom stereocenters. The van der Waals surface area contributed by atoms with Crippen LogP contribution in [0.4, 0.5) is 5.82 Å². The second-order valence-electron chi connectivity index (χ2n) is 9.18. The highest BCUT2D eigenvalue weighted by Crippen LogP contribution is 2.25. The monoisotopic (exact) mass is 583 g/mol. The van der Waals surface area contributed by atoms with E-state index in [0.717, 1.165) is 36.3 Å². The molecule has 0 radical (unpaired) electrons. The minimum absolute atomic E-state index is 0.0810. The fourth-order valence-electron chi connectivity index (χ4n) is 4.17. The second-order valence-corrected chi connectivity index (χ2v) is 9.59. The molecule has 0 spiro atoms. The Labute approximate surface area is 248 Å². The van der Waals surface area contributed by atoms with Crippen molar-refractivity contribution in [1.82, 2.24) is 10.3 Å². The van der Waals surface area contributed by atoms with E-state index in [4.69, 9.17) is 26.1 Å². The Bertz CT molecular complexity index is 1220. The maximum Gasteiger partial charge on any atom is 0.328 e. The number of phenols is 1. The highest BCUT2D eigenvalue weighted by atomic mass is 35.5. The van der Waals surface area contributed by atoms with Crippen molar-refractivity contribution in [2.24, 2.45) is 0 Å². The van der Waals surface area contributed by atoms with Gasteiger partial charge in [0.25, 0.3) is 5.91 Å². The first-order valence-electron chi connectivity index (χ1n) is 14.1. The fraction of sp³-hybridized carbons (Fsp3) is 0.406. The van der Waals surface area contributed by atoms with E-state index >= 15 is 0 Å². The first-order chi connectivity index (χ1) is 19.8. The molecule has 0 aliphatic carbocycles. The number of pyridine rings is 1. The third-order valence-corrected chi connectivity index (χ3v) is 6.60. The highest BCUT2D eigenvalue weighted by molar-refractivity contribution is 6.34. The zero-order valence-electron chi connectivity index (χ0n) is 24.6. The van der Waals surface area contributed by atoms with Crippen LogP contribution < -0.4 is 15.4 Å². The zero-order valence-corrected chi connectivity index (χ0v) is 25.3. The maximum absolute atomic E-state index is 12.7. The Balaban J connectivity index is 0.00000287.